The fourth-order valence-corrected chi connectivity index (χ4v) is 3.18. The number of nitrogens with two attached hydrogens (primary N) is 1. The second-order valence-corrected chi connectivity index (χ2v) is 5.81. The van der Waals surface area contributed by atoms with Gasteiger partial charge in [-0.15, -0.1) is 11.3 Å². The number of anilines is 1. The van der Waals surface area contributed by atoms with Crippen molar-refractivity contribution in [3.8, 4) is 0 Å². The smallest absolute Gasteiger partial charge is 0.160 e. The van der Waals surface area contributed by atoms with E-state index in [1.165, 1.54) is 10.1 Å². The van der Waals surface area contributed by atoms with E-state index in [2.05, 4.69) is 17.5 Å². The summed E-state index contributed by atoms with van der Waals surface area (Å²) in [6, 6.07) is 15.6. The molecule has 0 fully saturated rings. The van der Waals surface area contributed by atoms with Gasteiger partial charge in [-0.1, -0.05) is 36.4 Å². The van der Waals surface area contributed by atoms with E-state index in [9.17, 15) is 4.79 Å². The molecule has 0 aliphatic rings. The molecule has 0 spiro atoms. The maximum Gasteiger partial charge on any atom is 0.160 e. The van der Waals surface area contributed by atoms with Crippen molar-refractivity contribution in [1.82, 2.24) is 0 Å². The Balaban J connectivity index is 1.73. The molecule has 0 saturated heterocycles. The summed E-state index contributed by atoms with van der Waals surface area (Å²) in [4.78, 5) is 12.1. The summed E-state index contributed by atoms with van der Waals surface area (Å²) in [7, 11) is 0. The lowest BCUT2D eigenvalue weighted by Crippen LogP contribution is -1.97. The van der Waals surface area contributed by atoms with Crippen LogP contribution in [0.1, 0.15) is 11.1 Å². The summed E-state index contributed by atoms with van der Waals surface area (Å²) < 4.78 is 1.22. The number of carbonyl (C=O) groups excluding carboxylic acids is 1. The predicted octanol–water partition coefficient (Wildman–Crippen LogP) is 4.31. The third-order valence-corrected chi connectivity index (χ3v) is 4.34. The van der Waals surface area contributed by atoms with Crippen LogP contribution in [0.15, 0.2) is 60.0 Å². The number of nitrogen functional groups attached to an aromatic ring is 1. The summed E-state index contributed by atoms with van der Waals surface area (Å²) in [6.45, 7) is 0. The van der Waals surface area contributed by atoms with Crippen LogP contribution in [-0.4, -0.2) is 5.78 Å². The topological polar surface area (TPSA) is 43.1 Å². The predicted molar refractivity (Wildman–Crippen MR) is 90.4 cm³/mol. The van der Waals surface area contributed by atoms with Gasteiger partial charge in [0.2, 0.25) is 0 Å². The number of benzene rings is 2. The van der Waals surface area contributed by atoms with Crippen molar-refractivity contribution in [2.75, 3.05) is 5.73 Å². The third-order valence-electron chi connectivity index (χ3n) is 3.32. The minimum Gasteiger partial charge on any atom is -0.399 e. The first-order valence-electron chi connectivity index (χ1n) is 6.74. The largest absolute Gasteiger partial charge is 0.399 e. The highest BCUT2D eigenvalue weighted by Gasteiger charge is 2.06. The van der Waals surface area contributed by atoms with Crippen molar-refractivity contribution in [1.29, 1.82) is 0 Å². The highest BCUT2D eigenvalue weighted by molar-refractivity contribution is 7.17. The molecule has 0 atom stereocenters. The molecule has 0 unspecified atom stereocenters. The van der Waals surface area contributed by atoms with E-state index in [0.717, 1.165) is 16.8 Å². The number of ketones is 1. The molecule has 3 heteroatoms. The van der Waals surface area contributed by atoms with Gasteiger partial charge >= 0.3 is 0 Å². The highest BCUT2D eigenvalue weighted by atomic mass is 32.1. The van der Waals surface area contributed by atoms with Gasteiger partial charge in [-0.05, 0) is 46.2 Å². The second kappa shape index (κ2) is 5.94. The van der Waals surface area contributed by atoms with Crippen molar-refractivity contribution in [2.24, 2.45) is 0 Å². The van der Waals surface area contributed by atoms with Crippen LogP contribution in [0, 0.1) is 0 Å². The van der Waals surface area contributed by atoms with Crippen molar-refractivity contribution >= 4 is 39.0 Å². The van der Waals surface area contributed by atoms with Gasteiger partial charge in [-0.25, -0.2) is 0 Å². The Labute approximate surface area is 127 Å². The van der Waals surface area contributed by atoms with Crippen LogP contribution >= 0.6 is 11.3 Å². The van der Waals surface area contributed by atoms with Gasteiger partial charge in [0.25, 0.3) is 0 Å². The van der Waals surface area contributed by atoms with E-state index in [-0.39, 0.29) is 5.78 Å². The molecule has 1 heterocycles. The maximum atomic E-state index is 12.1. The highest BCUT2D eigenvalue weighted by Crippen LogP contribution is 2.26. The van der Waals surface area contributed by atoms with Gasteiger partial charge in [0.15, 0.2) is 5.78 Å². The number of carbonyl (C=O) groups is 1. The quantitative estimate of drug-likeness (QED) is 0.575. The molecule has 3 aromatic rings. The average molecular weight is 293 g/mol. The van der Waals surface area contributed by atoms with Crippen LogP contribution in [0.2, 0.25) is 0 Å². The van der Waals surface area contributed by atoms with Crippen LogP contribution in [0.5, 0.6) is 0 Å². The number of fused-ring (bicyclic) bond motifs is 1. The molecular weight excluding hydrogens is 278 g/mol. The van der Waals surface area contributed by atoms with Crippen LogP contribution in [0.3, 0.4) is 0 Å². The first-order chi connectivity index (χ1) is 10.2. The summed E-state index contributed by atoms with van der Waals surface area (Å²) in [6.07, 6.45) is 3.91. The van der Waals surface area contributed by atoms with E-state index in [1.54, 1.807) is 17.4 Å². The zero-order valence-electron chi connectivity index (χ0n) is 11.5. The van der Waals surface area contributed by atoms with Gasteiger partial charge in [0.05, 0.1) is 0 Å². The standard InChI is InChI=1S/C18H15NOS/c19-15-8-5-13(6-9-15)7-10-16(20)11-14-12-21-18-4-2-1-3-17(14)18/h1-10,12H,11,19H2/b10-7+. The Kier molecular flexibility index (Phi) is 3.84. The van der Waals surface area contributed by atoms with Gasteiger partial charge < -0.3 is 5.73 Å². The van der Waals surface area contributed by atoms with Crippen molar-refractivity contribution < 1.29 is 4.79 Å². The lowest BCUT2D eigenvalue weighted by molar-refractivity contribution is -0.113. The summed E-state index contributed by atoms with van der Waals surface area (Å²) in [5.74, 6) is 0.107. The minimum atomic E-state index is 0.107. The fourth-order valence-electron chi connectivity index (χ4n) is 2.21. The van der Waals surface area contributed by atoms with Crippen LogP contribution < -0.4 is 5.73 Å². The summed E-state index contributed by atoms with van der Waals surface area (Å²) in [5, 5.41) is 3.25. The van der Waals surface area contributed by atoms with E-state index in [4.69, 9.17) is 5.73 Å². The van der Waals surface area contributed by atoms with Crippen molar-refractivity contribution in [3.63, 3.8) is 0 Å². The van der Waals surface area contributed by atoms with E-state index >= 15 is 0 Å². The Hall–Kier alpha value is -2.39. The molecule has 21 heavy (non-hydrogen) atoms. The third kappa shape index (κ3) is 3.20. The van der Waals surface area contributed by atoms with Crippen LogP contribution in [0.4, 0.5) is 5.69 Å². The van der Waals surface area contributed by atoms with Crippen LogP contribution in [-0.2, 0) is 11.2 Å². The summed E-state index contributed by atoms with van der Waals surface area (Å²) in [5.41, 5.74) is 8.44. The lowest BCUT2D eigenvalue weighted by Gasteiger charge is -1.97. The van der Waals surface area contributed by atoms with Crippen molar-refractivity contribution in [3.05, 3.63) is 71.1 Å². The molecule has 0 amide bonds. The molecule has 104 valence electrons. The molecule has 3 rings (SSSR count). The molecule has 2 aromatic carbocycles. The number of allylic oxidation sites excluding steroid dienone is 1. The first-order valence-corrected chi connectivity index (χ1v) is 7.62. The summed E-state index contributed by atoms with van der Waals surface area (Å²) >= 11 is 1.68. The zero-order chi connectivity index (χ0) is 14.7. The van der Waals surface area contributed by atoms with Crippen LogP contribution in [0.25, 0.3) is 16.2 Å². The fraction of sp³-hybridized carbons (Fsp3) is 0.0556. The molecule has 1 aromatic heterocycles. The lowest BCUT2D eigenvalue weighted by atomic mass is 10.1. The van der Waals surface area contributed by atoms with E-state index < -0.39 is 0 Å². The zero-order valence-corrected chi connectivity index (χ0v) is 12.3. The average Bonchev–Trinajstić information content (AvgIpc) is 2.90. The molecule has 0 bridgehead atoms. The molecule has 2 N–H and O–H groups in total. The van der Waals surface area contributed by atoms with E-state index in [1.807, 2.05) is 42.5 Å². The van der Waals surface area contributed by atoms with Gasteiger partial charge in [-0.2, -0.15) is 0 Å². The van der Waals surface area contributed by atoms with Gasteiger partial charge in [-0.3, -0.25) is 4.79 Å². The molecular formula is C18H15NOS. The number of thiophene rings is 1. The number of hydrogen-bond acceptors (Lipinski definition) is 3. The number of hydrogen-bond donors (Lipinski definition) is 1. The Bertz CT molecular complexity index is 799. The molecule has 0 aliphatic carbocycles. The first kappa shape index (κ1) is 13.6. The van der Waals surface area contributed by atoms with Gasteiger partial charge in [0.1, 0.15) is 0 Å². The Morgan fingerprint density at radius 1 is 1.10 bits per heavy atom. The van der Waals surface area contributed by atoms with E-state index in [0.29, 0.717) is 6.42 Å². The number of rotatable bonds is 4. The molecule has 0 saturated carbocycles. The minimum absolute atomic E-state index is 0.107. The maximum absolute atomic E-state index is 12.1. The molecule has 2 nitrogen and oxygen atoms in total. The molecule has 0 aliphatic heterocycles. The second-order valence-electron chi connectivity index (χ2n) is 4.90. The SMILES string of the molecule is Nc1ccc(/C=C/C(=O)Cc2csc3ccccc23)cc1. The molecule has 0 radical (unpaired) electrons. The Morgan fingerprint density at radius 3 is 2.67 bits per heavy atom. The van der Waals surface area contributed by atoms with Gasteiger partial charge in [0, 0.05) is 16.8 Å². The monoisotopic (exact) mass is 293 g/mol. The van der Waals surface area contributed by atoms with Crippen molar-refractivity contribution in [2.45, 2.75) is 6.42 Å². The Morgan fingerprint density at radius 2 is 1.86 bits per heavy atom. The normalized spacial score (nSPS) is 11.2.